The van der Waals surface area contributed by atoms with E-state index in [1.54, 1.807) is 6.07 Å². The fourth-order valence-electron chi connectivity index (χ4n) is 3.14. The first-order valence-electron chi connectivity index (χ1n) is 9.18. The number of nitrogens with zero attached hydrogens (tertiary/aromatic N) is 4. The van der Waals surface area contributed by atoms with Crippen LogP contribution in [0.3, 0.4) is 0 Å². The highest BCUT2D eigenvalue weighted by Crippen LogP contribution is 2.19. The summed E-state index contributed by atoms with van der Waals surface area (Å²) in [5.41, 5.74) is 3.87. The van der Waals surface area contributed by atoms with Crippen LogP contribution in [-0.4, -0.2) is 58.4 Å². The third kappa shape index (κ3) is 4.19. The average Bonchev–Trinajstić information content (AvgIpc) is 2.64. The van der Waals surface area contributed by atoms with Gasteiger partial charge in [0, 0.05) is 37.9 Å². The molecule has 6 heteroatoms. The van der Waals surface area contributed by atoms with Gasteiger partial charge in [0.05, 0.1) is 0 Å². The van der Waals surface area contributed by atoms with E-state index in [0.29, 0.717) is 17.3 Å². The monoisotopic (exact) mass is 353 g/mol. The molecule has 0 saturated carbocycles. The normalized spacial score (nSPS) is 15.2. The largest absolute Gasteiger partial charge is 0.340 e. The lowest BCUT2D eigenvalue weighted by Gasteiger charge is -2.33. The van der Waals surface area contributed by atoms with Crippen LogP contribution in [0.2, 0.25) is 0 Å². The molecule has 1 aromatic heterocycles. The predicted molar refractivity (Wildman–Crippen MR) is 104 cm³/mol. The lowest BCUT2D eigenvalue weighted by molar-refractivity contribution is 0.0637. The third-order valence-corrected chi connectivity index (χ3v) is 4.94. The second kappa shape index (κ2) is 7.83. The van der Waals surface area contributed by atoms with Gasteiger partial charge in [-0.1, -0.05) is 13.0 Å². The second-order valence-corrected chi connectivity index (χ2v) is 6.84. The van der Waals surface area contributed by atoms with Gasteiger partial charge in [-0.3, -0.25) is 4.79 Å². The standard InChI is InChI=1S/C20H27N5O/c1-5-24-8-10-25(11-9-24)20(26)18-13-19(22-16(4)21-18)23-17-7-6-14(2)15(3)12-17/h6-7,12-13H,5,8-11H2,1-4H3,(H,21,22,23). The van der Waals surface area contributed by atoms with E-state index in [1.807, 2.05) is 17.9 Å². The highest BCUT2D eigenvalue weighted by molar-refractivity contribution is 5.93. The number of carbonyl (C=O) groups excluding carboxylic acids is 1. The lowest BCUT2D eigenvalue weighted by Crippen LogP contribution is -2.48. The van der Waals surface area contributed by atoms with E-state index in [-0.39, 0.29) is 5.91 Å². The number of likely N-dealkylation sites (N-methyl/N-ethyl adjacent to an activating group) is 1. The fraction of sp³-hybridized carbons (Fsp3) is 0.450. The van der Waals surface area contributed by atoms with Crippen molar-refractivity contribution in [1.29, 1.82) is 0 Å². The van der Waals surface area contributed by atoms with Crippen LogP contribution >= 0.6 is 0 Å². The first kappa shape index (κ1) is 18.3. The fourth-order valence-corrected chi connectivity index (χ4v) is 3.14. The molecule has 0 aliphatic carbocycles. The highest BCUT2D eigenvalue weighted by atomic mass is 16.2. The van der Waals surface area contributed by atoms with E-state index in [0.717, 1.165) is 38.4 Å². The molecular formula is C20H27N5O. The summed E-state index contributed by atoms with van der Waals surface area (Å²) < 4.78 is 0. The van der Waals surface area contributed by atoms with Crippen LogP contribution in [-0.2, 0) is 0 Å². The van der Waals surface area contributed by atoms with Crippen molar-refractivity contribution in [2.75, 3.05) is 38.0 Å². The maximum Gasteiger partial charge on any atom is 0.272 e. The van der Waals surface area contributed by atoms with Gasteiger partial charge in [-0.05, 0) is 50.6 Å². The Balaban J connectivity index is 1.76. The number of carbonyl (C=O) groups is 1. The number of hydrogen-bond donors (Lipinski definition) is 1. The molecule has 1 saturated heterocycles. The molecule has 1 aliphatic heterocycles. The van der Waals surface area contributed by atoms with Gasteiger partial charge in [0.2, 0.25) is 0 Å². The molecule has 1 fully saturated rings. The number of piperazine rings is 1. The van der Waals surface area contributed by atoms with Crippen molar-refractivity contribution < 1.29 is 4.79 Å². The van der Waals surface area contributed by atoms with Crippen molar-refractivity contribution in [3.63, 3.8) is 0 Å². The molecule has 2 aromatic rings. The van der Waals surface area contributed by atoms with E-state index >= 15 is 0 Å². The number of anilines is 2. The van der Waals surface area contributed by atoms with Gasteiger partial charge in [0.25, 0.3) is 5.91 Å². The van der Waals surface area contributed by atoms with E-state index in [4.69, 9.17) is 0 Å². The summed E-state index contributed by atoms with van der Waals surface area (Å²) in [5, 5.41) is 3.30. The quantitative estimate of drug-likeness (QED) is 0.916. The molecule has 0 atom stereocenters. The molecule has 6 nitrogen and oxygen atoms in total. The summed E-state index contributed by atoms with van der Waals surface area (Å²) in [4.78, 5) is 25.9. The van der Waals surface area contributed by atoms with Gasteiger partial charge in [-0.15, -0.1) is 0 Å². The van der Waals surface area contributed by atoms with Crippen LogP contribution in [0.1, 0.15) is 34.4 Å². The van der Waals surface area contributed by atoms with E-state index in [9.17, 15) is 4.79 Å². The van der Waals surface area contributed by atoms with Crippen molar-refractivity contribution in [3.05, 3.63) is 46.9 Å². The summed E-state index contributed by atoms with van der Waals surface area (Å²) in [5.74, 6) is 1.22. The summed E-state index contributed by atoms with van der Waals surface area (Å²) in [7, 11) is 0. The number of nitrogens with one attached hydrogen (secondary N) is 1. The Morgan fingerprint density at radius 3 is 2.42 bits per heavy atom. The Labute approximate surface area is 155 Å². The maximum absolute atomic E-state index is 12.8. The zero-order valence-electron chi connectivity index (χ0n) is 16.0. The molecule has 1 aliphatic rings. The highest BCUT2D eigenvalue weighted by Gasteiger charge is 2.23. The summed E-state index contributed by atoms with van der Waals surface area (Å²) in [6.07, 6.45) is 0. The van der Waals surface area contributed by atoms with E-state index < -0.39 is 0 Å². The Morgan fingerprint density at radius 2 is 1.77 bits per heavy atom. The zero-order valence-corrected chi connectivity index (χ0v) is 16.0. The summed E-state index contributed by atoms with van der Waals surface area (Å²) >= 11 is 0. The number of rotatable bonds is 4. The molecule has 2 heterocycles. The molecule has 0 unspecified atom stereocenters. The van der Waals surface area contributed by atoms with E-state index in [2.05, 4.69) is 53.1 Å². The van der Waals surface area contributed by atoms with Gasteiger partial charge >= 0.3 is 0 Å². The minimum atomic E-state index is -0.0191. The molecule has 1 amide bonds. The first-order chi connectivity index (χ1) is 12.5. The van der Waals surface area contributed by atoms with Crippen LogP contribution in [0.4, 0.5) is 11.5 Å². The van der Waals surface area contributed by atoms with Crippen LogP contribution in [0.25, 0.3) is 0 Å². The number of aromatic nitrogens is 2. The third-order valence-electron chi connectivity index (χ3n) is 4.94. The number of benzene rings is 1. The molecule has 0 bridgehead atoms. The maximum atomic E-state index is 12.8. The first-order valence-corrected chi connectivity index (χ1v) is 9.18. The summed E-state index contributed by atoms with van der Waals surface area (Å²) in [6, 6.07) is 7.92. The van der Waals surface area contributed by atoms with Crippen molar-refractivity contribution >= 4 is 17.4 Å². The molecule has 0 radical (unpaired) electrons. The van der Waals surface area contributed by atoms with Gasteiger partial charge in [0.15, 0.2) is 0 Å². The van der Waals surface area contributed by atoms with Crippen molar-refractivity contribution in [1.82, 2.24) is 19.8 Å². The number of amides is 1. The molecule has 1 aromatic carbocycles. The van der Waals surface area contributed by atoms with Crippen molar-refractivity contribution in [3.8, 4) is 0 Å². The Hall–Kier alpha value is -2.47. The van der Waals surface area contributed by atoms with Crippen LogP contribution < -0.4 is 5.32 Å². The summed E-state index contributed by atoms with van der Waals surface area (Å²) in [6.45, 7) is 12.5. The zero-order chi connectivity index (χ0) is 18.7. The van der Waals surface area contributed by atoms with Gasteiger partial charge in [-0.25, -0.2) is 9.97 Å². The van der Waals surface area contributed by atoms with Crippen LogP contribution in [0, 0.1) is 20.8 Å². The van der Waals surface area contributed by atoms with Gasteiger partial charge < -0.3 is 15.1 Å². The van der Waals surface area contributed by atoms with Gasteiger partial charge in [-0.2, -0.15) is 0 Å². The Kier molecular flexibility index (Phi) is 5.52. The number of hydrogen-bond acceptors (Lipinski definition) is 5. The molecule has 26 heavy (non-hydrogen) atoms. The topological polar surface area (TPSA) is 61.4 Å². The number of aryl methyl sites for hydroxylation is 3. The lowest BCUT2D eigenvalue weighted by atomic mass is 10.1. The van der Waals surface area contributed by atoms with Crippen molar-refractivity contribution in [2.24, 2.45) is 0 Å². The molecule has 138 valence electrons. The molecular weight excluding hydrogens is 326 g/mol. The minimum absolute atomic E-state index is 0.0191. The Bertz CT molecular complexity index is 797. The van der Waals surface area contributed by atoms with Crippen molar-refractivity contribution in [2.45, 2.75) is 27.7 Å². The SMILES string of the molecule is CCN1CCN(C(=O)c2cc(Nc3ccc(C)c(C)c3)nc(C)n2)CC1. The van der Waals surface area contributed by atoms with E-state index in [1.165, 1.54) is 11.1 Å². The second-order valence-electron chi connectivity index (χ2n) is 6.84. The molecule has 1 N–H and O–H groups in total. The molecule has 0 spiro atoms. The average molecular weight is 353 g/mol. The van der Waals surface area contributed by atoms with Crippen LogP contribution in [0.5, 0.6) is 0 Å². The molecule has 3 rings (SSSR count). The smallest absolute Gasteiger partial charge is 0.272 e. The van der Waals surface area contributed by atoms with Gasteiger partial charge in [0.1, 0.15) is 17.3 Å². The minimum Gasteiger partial charge on any atom is -0.340 e. The Morgan fingerprint density at radius 1 is 1.04 bits per heavy atom. The van der Waals surface area contributed by atoms with Crippen LogP contribution in [0.15, 0.2) is 24.3 Å². The predicted octanol–water partition coefficient (Wildman–Crippen LogP) is 2.92.